The predicted octanol–water partition coefficient (Wildman–Crippen LogP) is 2.72. The molecule has 0 radical (unpaired) electrons. The number of hydrogen-bond donors (Lipinski definition) is 2. The zero-order valence-electron chi connectivity index (χ0n) is 12.6. The number of aromatic nitrogens is 3. The maximum atomic E-state index is 11.6. The van der Waals surface area contributed by atoms with Gasteiger partial charge in [0.05, 0.1) is 16.8 Å². The minimum Gasteiger partial charge on any atom is -0.478 e. The number of carbonyl (C=O) groups is 1. The van der Waals surface area contributed by atoms with Gasteiger partial charge in [0, 0.05) is 18.8 Å². The molecule has 0 aliphatic heterocycles. The molecule has 3 rings (SSSR count). The van der Waals surface area contributed by atoms with Crippen molar-refractivity contribution >= 4 is 22.7 Å². The Morgan fingerprint density at radius 3 is 2.76 bits per heavy atom. The van der Waals surface area contributed by atoms with Gasteiger partial charge in [-0.3, -0.25) is 4.68 Å². The van der Waals surface area contributed by atoms with Crippen LogP contribution < -0.4 is 5.32 Å². The number of nitrogens with zero attached hydrogens (tertiary/aromatic N) is 3. The Hall–Kier alpha value is -2.11. The zero-order valence-corrected chi connectivity index (χ0v) is 12.6. The molecule has 21 heavy (non-hydrogen) atoms. The highest BCUT2D eigenvalue weighted by atomic mass is 16.4. The number of aryl methyl sites for hydroxylation is 2. The standard InChI is InChI=1S/C15H20N4O2/c1-4-15(6-5-7-15)17-12-10(14(20)21)8-16-13-11(12)9(2)18-19(13)3/h8H,4-7H2,1-3H3,(H,16,17)(H,20,21). The van der Waals surface area contributed by atoms with Crippen LogP contribution in [0, 0.1) is 6.92 Å². The van der Waals surface area contributed by atoms with E-state index in [0.717, 1.165) is 30.3 Å². The molecule has 0 spiro atoms. The fourth-order valence-corrected chi connectivity index (χ4v) is 3.14. The fourth-order valence-electron chi connectivity index (χ4n) is 3.14. The predicted molar refractivity (Wildman–Crippen MR) is 80.7 cm³/mol. The van der Waals surface area contributed by atoms with Gasteiger partial charge in [0.2, 0.25) is 0 Å². The smallest absolute Gasteiger partial charge is 0.339 e. The summed E-state index contributed by atoms with van der Waals surface area (Å²) in [6.45, 7) is 4.03. The van der Waals surface area contributed by atoms with Crippen LogP contribution in [-0.4, -0.2) is 31.4 Å². The van der Waals surface area contributed by atoms with Crippen LogP contribution in [0.25, 0.3) is 11.0 Å². The second-order valence-electron chi connectivity index (χ2n) is 5.87. The van der Waals surface area contributed by atoms with E-state index >= 15 is 0 Å². The van der Waals surface area contributed by atoms with Crippen molar-refractivity contribution in [3.63, 3.8) is 0 Å². The third-order valence-electron chi connectivity index (χ3n) is 4.64. The van der Waals surface area contributed by atoms with Crippen LogP contribution in [0.5, 0.6) is 0 Å². The molecule has 0 atom stereocenters. The highest BCUT2D eigenvalue weighted by Gasteiger charge is 2.36. The van der Waals surface area contributed by atoms with Crippen molar-refractivity contribution < 1.29 is 9.90 Å². The van der Waals surface area contributed by atoms with Crippen LogP contribution in [0.2, 0.25) is 0 Å². The van der Waals surface area contributed by atoms with Crippen LogP contribution in [0.15, 0.2) is 6.20 Å². The highest BCUT2D eigenvalue weighted by Crippen LogP contribution is 2.40. The van der Waals surface area contributed by atoms with Gasteiger partial charge in [-0.2, -0.15) is 5.10 Å². The van der Waals surface area contributed by atoms with Crippen molar-refractivity contribution in [2.24, 2.45) is 7.05 Å². The minimum atomic E-state index is -0.958. The summed E-state index contributed by atoms with van der Waals surface area (Å²) in [4.78, 5) is 15.8. The first-order chi connectivity index (χ1) is 9.97. The molecule has 0 unspecified atom stereocenters. The number of carboxylic acid groups (broad SMARTS) is 1. The minimum absolute atomic E-state index is 0.0146. The molecule has 1 fully saturated rings. The monoisotopic (exact) mass is 288 g/mol. The third kappa shape index (κ3) is 2.05. The van der Waals surface area contributed by atoms with Crippen LogP contribution in [0.3, 0.4) is 0 Å². The van der Waals surface area contributed by atoms with E-state index in [2.05, 4.69) is 22.3 Å². The van der Waals surface area contributed by atoms with Crippen LogP contribution in [0.1, 0.15) is 48.7 Å². The molecule has 2 N–H and O–H groups in total. The fraction of sp³-hybridized carbons (Fsp3) is 0.533. The van der Waals surface area contributed by atoms with Crippen molar-refractivity contribution in [3.8, 4) is 0 Å². The van der Waals surface area contributed by atoms with E-state index in [0.29, 0.717) is 11.3 Å². The molecule has 2 aromatic rings. The number of hydrogen-bond acceptors (Lipinski definition) is 4. The molecule has 1 aliphatic carbocycles. The molecule has 6 nitrogen and oxygen atoms in total. The van der Waals surface area contributed by atoms with Gasteiger partial charge in [-0.1, -0.05) is 6.92 Å². The summed E-state index contributed by atoms with van der Waals surface area (Å²) in [7, 11) is 1.82. The number of pyridine rings is 1. The lowest BCUT2D eigenvalue weighted by Crippen LogP contribution is -2.44. The maximum Gasteiger partial charge on any atom is 0.339 e. The first-order valence-electron chi connectivity index (χ1n) is 7.31. The lowest BCUT2D eigenvalue weighted by molar-refractivity contribution is 0.0697. The normalized spacial score (nSPS) is 16.7. The lowest BCUT2D eigenvalue weighted by atomic mass is 9.74. The molecule has 0 bridgehead atoms. The Morgan fingerprint density at radius 2 is 2.24 bits per heavy atom. The molecule has 1 saturated carbocycles. The van der Waals surface area contributed by atoms with E-state index in [1.54, 1.807) is 4.68 Å². The van der Waals surface area contributed by atoms with Gasteiger partial charge in [-0.25, -0.2) is 9.78 Å². The van der Waals surface area contributed by atoms with Crippen LogP contribution >= 0.6 is 0 Å². The highest BCUT2D eigenvalue weighted by molar-refractivity contribution is 6.04. The molecule has 0 saturated heterocycles. The molecule has 2 aromatic heterocycles. The maximum absolute atomic E-state index is 11.6. The van der Waals surface area contributed by atoms with Gasteiger partial charge in [-0.05, 0) is 32.6 Å². The summed E-state index contributed by atoms with van der Waals surface area (Å²) in [5.74, 6) is -0.958. The Balaban J connectivity index is 2.21. The largest absolute Gasteiger partial charge is 0.478 e. The molecule has 1 aliphatic rings. The van der Waals surface area contributed by atoms with Crippen molar-refractivity contribution in [3.05, 3.63) is 17.5 Å². The van der Waals surface area contributed by atoms with Crippen molar-refractivity contribution in [1.82, 2.24) is 14.8 Å². The van der Waals surface area contributed by atoms with Gasteiger partial charge >= 0.3 is 5.97 Å². The Labute approximate surface area is 123 Å². The summed E-state index contributed by atoms with van der Waals surface area (Å²) in [6, 6.07) is 0. The molecular weight excluding hydrogens is 268 g/mol. The molecule has 0 amide bonds. The average Bonchev–Trinajstić information content (AvgIpc) is 2.69. The average molecular weight is 288 g/mol. The van der Waals surface area contributed by atoms with Crippen molar-refractivity contribution in [1.29, 1.82) is 0 Å². The number of nitrogens with one attached hydrogen (secondary N) is 1. The first-order valence-corrected chi connectivity index (χ1v) is 7.31. The Kier molecular flexibility index (Phi) is 3.11. The number of anilines is 1. The van der Waals surface area contributed by atoms with Crippen LogP contribution in [0.4, 0.5) is 5.69 Å². The van der Waals surface area contributed by atoms with E-state index in [4.69, 9.17) is 0 Å². The van der Waals surface area contributed by atoms with E-state index in [-0.39, 0.29) is 11.1 Å². The lowest BCUT2D eigenvalue weighted by Gasteiger charge is -2.43. The van der Waals surface area contributed by atoms with Crippen LogP contribution in [-0.2, 0) is 7.05 Å². The number of fused-ring (bicyclic) bond motifs is 1. The van der Waals surface area contributed by atoms with Crippen molar-refractivity contribution in [2.75, 3.05) is 5.32 Å². The van der Waals surface area contributed by atoms with Gasteiger partial charge in [0.1, 0.15) is 5.56 Å². The summed E-state index contributed by atoms with van der Waals surface area (Å²) in [5, 5.41) is 18.2. The summed E-state index contributed by atoms with van der Waals surface area (Å²) >= 11 is 0. The molecular formula is C15H20N4O2. The van der Waals surface area contributed by atoms with E-state index in [1.807, 2.05) is 14.0 Å². The number of rotatable bonds is 4. The summed E-state index contributed by atoms with van der Waals surface area (Å²) in [6.07, 6.45) is 5.74. The SMILES string of the molecule is CCC1(Nc2c(C(=O)O)cnc3c2c(C)nn3C)CCC1. The summed E-state index contributed by atoms with van der Waals surface area (Å²) < 4.78 is 1.70. The molecule has 6 heteroatoms. The van der Waals surface area contributed by atoms with E-state index in [1.165, 1.54) is 12.6 Å². The Morgan fingerprint density at radius 1 is 1.52 bits per heavy atom. The van der Waals surface area contributed by atoms with Gasteiger partial charge in [0.15, 0.2) is 5.65 Å². The van der Waals surface area contributed by atoms with E-state index < -0.39 is 5.97 Å². The second kappa shape index (κ2) is 4.72. The number of carboxylic acids is 1. The van der Waals surface area contributed by atoms with E-state index in [9.17, 15) is 9.90 Å². The third-order valence-corrected chi connectivity index (χ3v) is 4.64. The van der Waals surface area contributed by atoms with Gasteiger partial charge in [-0.15, -0.1) is 0 Å². The molecule has 2 heterocycles. The zero-order chi connectivity index (χ0) is 15.2. The topological polar surface area (TPSA) is 80.0 Å². The first kappa shape index (κ1) is 13.9. The quantitative estimate of drug-likeness (QED) is 0.904. The number of aromatic carboxylic acids is 1. The molecule has 0 aromatic carbocycles. The van der Waals surface area contributed by atoms with Crippen molar-refractivity contribution in [2.45, 2.75) is 45.1 Å². The van der Waals surface area contributed by atoms with Gasteiger partial charge in [0.25, 0.3) is 0 Å². The van der Waals surface area contributed by atoms with Gasteiger partial charge < -0.3 is 10.4 Å². The second-order valence-corrected chi connectivity index (χ2v) is 5.87. The molecule has 112 valence electrons. The summed E-state index contributed by atoms with van der Waals surface area (Å²) in [5.41, 5.74) is 2.42. The Bertz CT molecular complexity index is 711.